The lowest BCUT2D eigenvalue weighted by molar-refractivity contribution is 0.476. The first-order chi connectivity index (χ1) is 4.66. The molecule has 0 saturated heterocycles. The van der Waals surface area contributed by atoms with E-state index >= 15 is 0 Å². The molecule has 0 spiro atoms. The first kappa shape index (κ1) is 10.0. The Labute approximate surface area is 66.0 Å². The lowest BCUT2D eigenvalue weighted by atomic mass is 9.98. The molecule has 0 rings (SSSR count). The van der Waals surface area contributed by atoms with Crippen LogP contribution in [0.2, 0.25) is 0 Å². The van der Waals surface area contributed by atoms with Crippen LogP contribution in [-0.4, -0.2) is 0 Å². The Morgan fingerprint density at radius 3 is 2.20 bits per heavy atom. The van der Waals surface area contributed by atoms with E-state index in [1.165, 1.54) is 25.7 Å². The fourth-order valence-corrected chi connectivity index (χ4v) is 1.02. The summed E-state index contributed by atoms with van der Waals surface area (Å²) in [5, 5.41) is 0. The Hall–Kier alpha value is 0. The van der Waals surface area contributed by atoms with Crippen molar-refractivity contribution in [2.75, 3.05) is 0 Å². The summed E-state index contributed by atoms with van der Waals surface area (Å²) in [6.45, 7) is 10.8. The van der Waals surface area contributed by atoms with Gasteiger partial charge < -0.3 is 0 Å². The highest BCUT2D eigenvalue weighted by Gasteiger charge is 1.99. The van der Waals surface area contributed by atoms with Gasteiger partial charge in [-0.15, -0.1) is 0 Å². The van der Waals surface area contributed by atoms with E-state index in [-0.39, 0.29) is 0 Å². The van der Waals surface area contributed by atoms with E-state index in [0.29, 0.717) is 5.92 Å². The zero-order valence-corrected chi connectivity index (χ0v) is 7.69. The predicted octanol–water partition coefficient (Wildman–Crippen LogP) is 3.67. The minimum absolute atomic E-state index is 0.693. The van der Waals surface area contributed by atoms with Crippen LogP contribution < -0.4 is 0 Å². The summed E-state index contributed by atoms with van der Waals surface area (Å²) >= 11 is 0. The van der Waals surface area contributed by atoms with Crippen LogP contribution in [0.3, 0.4) is 0 Å². The minimum atomic E-state index is 0.693. The summed E-state index contributed by atoms with van der Waals surface area (Å²) in [6.07, 6.45) is 5.28. The second kappa shape index (κ2) is 5.76. The van der Waals surface area contributed by atoms with E-state index in [1.54, 1.807) is 0 Å². The molecule has 0 aliphatic rings. The number of rotatable bonds is 5. The standard InChI is InChI=1S/C10H21/c1-5-10(4)8-6-7-9(2)3/h9-10H,4-8H2,1-3H3/t10-/m1/s1. The Morgan fingerprint density at radius 1 is 1.20 bits per heavy atom. The van der Waals surface area contributed by atoms with Crippen molar-refractivity contribution in [3.8, 4) is 0 Å². The molecule has 0 aliphatic heterocycles. The van der Waals surface area contributed by atoms with Gasteiger partial charge in [-0.3, -0.25) is 0 Å². The van der Waals surface area contributed by atoms with Crippen molar-refractivity contribution in [3.05, 3.63) is 6.92 Å². The van der Waals surface area contributed by atoms with Gasteiger partial charge in [0.15, 0.2) is 0 Å². The van der Waals surface area contributed by atoms with Gasteiger partial charge in [-0.25, -0.2) is 0 Å². The summed E-state index contributed by atoms with van der Waals surface area (Å²) < 4.78 is 0. The molecule has 0 N–H and O–H groups in total. The van der Waals surface area contributed by atoms with Crippen molar-refractivity contribution in [2.24, 2.45) is 11.8 Å². The van der Waals surface area contributed by atoms with E-state index in [9.17, 15) is 0 Å². The first-order valence-electron chi connectivity index (χ1n) is 4.49. The molecular formula is C10H21. The fraction of sp³-hybridized carbons (Fsp3) is 0.900. The van der Waals surface area contributed by atoms with Crippen molar-refractivity contribution in [2.45, 2.75) is 46.5 Å². The van der Waals surface area contributed by atoms with Crippen LogP contribution in [0, 0.1) is 18.8 Å². The highest BCUT2D eigenvalue weighted by Crippen LogP contribution is 2.13. The zero-order chi connectivity index (χ0) is 7.98. The van der Waals surface area contributed by atoms with Gasteiger partial charge in [-0.05, 0) is 11.8 Å². The van der Waals surface area contributed by atoms with Crippen LogP contribution in [0.4, 0.5) is 0 Å². The lowest BCUT2D eigenvalue weighted by Crippen LogP contribution is -1.94. The Balaban J connectivity index is 3.03. The third kappa shape index (κ3) is 6.12. The normalized spacial score (nSPS) is 14.1. The van der Waals surface area contributed by atoms with Gasteiger partial charge in [0, 0.05) is 0 Å². The molecule has 0 aromatic heterocycles. The van der Waals surface area contributed by atoms with Gasteiger partial charge in [-0.2, -0.15) is 0 Å². The van der Waals surface area contributed by atoms with Crippen LogP contribution in [0.15, 0.2) is 0 Å². The van der Waals surface area contributed by atoms with E-state index < -0.39 is 0 Å². The summed E-state index contributed by atoms with van der Waals surface area (Å²) in [7, 11) is 0. The summed E-state index contributed by atoms with van der Waals surface area (Å²) in [5.41, 5.74) is 0. The van der Waals surface area contributed by atoms with Crippen molar-refractivity contribution in [1.82, 2.24) is 0 Å². The summed E-state index contributed by atoms with van der Waals surface area (Å²) in [4.78, 5) is 0. The van der Waals surface area contributed by atoms with Crippen molar-refractivity contribution in [3.63, 3.8) is 0 Å². The van der Waals surface area contributed by atoms with Gasteiger partial charge >= 0.3 is 0 Å². The van der Waals surface area contributed by atoms with Gasteiger partial charge in [0.1, 0.15) is 0 Å². The van der Waals surface area contributed by atoms with E-state index in [2.05, 4.69) is 27.7 Å². The zero-order valence-electron chi connectivity index (χ0n) is 7.69. The smallest absolute Gasteiger partial charge is 0.0417 e. The second-order valence-electron chi connectivity index (χ2n) is 3.60. The second-order valence-corrected chi connectivity index (χ2v) is 3.60. The third-order valence-electron chi connectivity index (χ3n) is 1.97. The molecule has 1 radical (unpaired) electrons. The quantitative estimate of drug-likeness (QED) is 0.548. The van der Waals surface area contributed by atoms with Crippen molar-refractivity contribution < 1.29 is 0 Å². The maximum atomic E-state index is 4.05. The largest absolute Gasteiger partial charge is 0.0651 e. The minimum Gasteiger partial charge on any atom is -0.0651 e. The first-order valence-corrected chi connectivity index (χ1v) is 4.49. The molecule has 0 saturated carbocycles. The van der Waals surface area contributed by atoms with Crippen molar-refractivity contribution in [1.29, 1.82) is 0 Å². The fourth-order valence-electron chi connectivity index (χ4n) is 1.02. The molecule has 0 aromatic rings. The Bertz CT molecular complexity index is 64.4. The molecule has 0 unspecified atom stereocenters. The van der Waals surface area contributed by atoms with Crippen LogP contribution in [0.5, 0.6) is 0 Å². The molecule has 10 heavy (non-hydrogen) atoms. The molecule has 0 heteroatoms. The van der Waals surface area contributed by atoms with E-state index in [1.807, 2.05) is 0 Å². The average molecular weight is 141 g/mol. The van der Waals surface area contributed by atoms with Crippen LogP contribution in [0.1, 0.15) is 46.5 Å². The highest BCUT2D eigenvalue weighted by molar-refractivity contribution is 4.59. The van der Waals surface area contributed by atoms with Gasteiger partial charge in [-0.1, -0.05) is 53.4 Å². The predicted molar refractivity (Wildman–Crippen MR) is 47.8 cm³/mol. The molecule has 0 aliphatic carbocycles. The number of hydrogen-bond donors (Lipinski definition) is 0. The monoisotopic (exact) mass is 141 g/mol. The van der Waals surface area contributed by atoms with Crippen LogP contribution in [-0.2, 0) is 0 Å². The van der Waals surface area contributed by atoms with Gasteiger partial charge in [0.2, 0.25) is 0 Å². The molecule has 0 heterocycles. The highest BCUT2D eigenvalue weighted by atomic mass is 14.0. The summed E-state index contributed by atoms with van der Waals surface area (Å²) in [5.74, 6) is 1.56. The maximum Gasteiger partial charge on any atom is -0.0417 e. The third-order valence-corrected chi connectivity index (χ3v) is 1.97. The maximum absolute atomic E-state index is 4.05. The molecule has 0 amide bonds. The molecular weight excluding hydrogens is 120 g/mol. The van der Waals surface area contributed by atoms with Gasteiger partial charge in [0.05, 0.1) is 0 Å². The molecule has 0 bridgehead atoms. The average Bonchev–Trinajstić information content (AvgIpc) is 1.87. The van der Waals surface area contributed by atoms with E-state index in [4.69, 9.17) is 0 Å². The van der Waals surface area contributed by atoms with E-state index in [0.717, 1.165) is 5.92 Å². The molecule has 61 valence electrons. The Kier molecular flexibility index (Phi) is 5.76. The molecule has 0 aromatic carbocycles. The number of hydrogen-bond acceptors (Lipinski definition) is 0. The molecule has 1 atom stereocenters. The van der Waals surface area contributed by atoms with Gasteiger partial charge in [0.25, 0.3) is 0 Å². The Morgan fingerprint density at radius 2 is 1.80 bits per heavy atom. The molecule has 0 fully saturated rings. The van der Waals surface area contributed by atoms with Crippen molar-refractivity contribution >= 4 is 0 Å². The lowest BCUT2D eigenvalue weighted by Gasteiger charge is -2.08. The summed E-state index contributed by atoms with van der Waals surface area (Å²) in [6, 6.07) is 0. The topological polar surface area (TPSA) is 0 Å². The van der Waals surface area contributed by atoms with Crippen LogP contribution in [0.25, 0.3) is 0 Å². The van der Waals surface area contributed by atoms with Crippen LogP contribution >= 0.6 is 0 Å². The molecule has 0 nitrogen and oxygen atoms in total. The SMILES string of the molecule is [CH2][C@H](CC)CCCC(C)C.